The maximum atomic E-state index is 13.5. The second kappa shape index (κ2) is 13.9. The molecule has 1 aliphatic carbocycles. The molecule has 0 bridgehead atoms. The standard InChI is InChI=1S/C35H54O12/c1-18-16-20(36)19-14-15-41-26(22(18)19)47-27-25(46-31(40)35(11,12)13)24(45-30(39)34(8,9)10)23(44-29(38)33(5,6)7)21(43-27)17-42-28(37)32(2,3)4/h14-16,19-27,36H,17H2,1-13H3/t19-,20+,21+,22+,23+,24-,25+,26-,27-/m0/s1. The second-order valence-corrected chi connectivity index (χ2v) is 16.7. The minimum atomic E-state index is -1.45. The zero-order valence-corrected chi connectivity index (χ0v) is 30.1. The van der Waals surface area contributed by atoms with E-state index in [4.69, 9.17) is 33.2 Å². The van der Waals surface area contributed by atoms with E-state index >= 15 is 0 Å². The predicted octanol–water partition coefficient (Wildman–Crippen LogP) is 4.61. The van der Waals surface area contributed by atoms with Gasteiger partial charge in [0.2, 0.25) is 12.6 Å². The van der Waals surface area contributed by atoms with Gasteiger partial charge < -0.3 is 38.3 Å². The van der Waals surface area contributed by atoms with Crippen molar-refractivity contribution in [1.82, 2.24) is 0 Å². The van der Waals surface area contributed by atoms with Crippen LogP contribution in [0.2, 0.25) is 0 Å². The summed E-state index contributed by atoms with van der Waals surface area (Å²) in [6, 6.07) is 0. The highest BCUT2D eigenvalue weighted by Crippen LogP contribution is 2.42. The van der Waals surface area contributed by atoms with Crippen LogP contribution in [0, 0.1) is 33.5 Å². The molecule has 2 aliphatic heterocycles. The van der Waals surface area contributed by atoms with Crippen molar-refractivity contribution in [1.29, 1.82) is 0 Å². The number of fused-ring (bicyclic) bond motifs is 1. The van der Waals surface area contributed by atoms with Gasteiger partial charge in [-0.1, -0.05) is 11.6 Å². The third-order valence-corrected chi connectivity index (χ3v) is 7.99. The first-order valence-electron chi connectivity index (χ1n) is 16.1. The fourth-order valence-electron chi connectivity index (χ4n) is 4.98. The van der Waals surface area contributed by atoms with Crippen molar-refractivity contribution in [3.63, 3.8) is 0 Å². The lowest BCUT2D eigenvalue weighted by atomic mass is 9.88. The van der Waals surface area contributed by atoms with E-state index in [1.165, 1.54) is 6.26 Å². The van der Waals surface area contributed by atoms with Crippen LogP contribution in [-0.2, 0) is 52.3 Å². The Bertz CT molecular complexity index is 1240. The van der Waals surface area contributed by atoms with E-state index in [0.29, 0.717) is 0 Å². The summed E-state index contributed by atoms with van der Waals surface area (Å²) in [6.07, 6.45) is -3.85. The first-order valence-corrected chi connectivity index (χ1v) is 16.1. The zero-order chi connectivity index (χ0) is 35.9. The molecule has 3 rings (SSSR count). The van der Waals surface area contributed by atoms with E-state index in [2.05, 4.69) is 0 Å². The molecular weight excluding hydrogens is 612 g/mol. The molecule has 0 aromatic carbocycles. The molecular formula is C35H54O12. The molecule has 1 N–H and O–H groups in total. The molecule has 47 heavy (non-hydrogen) atoms. The van der Waals surface area contributed by atoms with E-state index in [1.54, 1.807) is 95.2 Å². The van der Waals surface area contributed by atoms with Gasteiger partial charge in [0.05, 0.1) is 39.9 Å². The number of rotatable bonds is 7. The molecule has 2 heterocycles. The SMILES string of the molecule is CC1=C[C@@H](O)[C@@H]2C=CO[C@@H](O[C@@H]3O[C@H](COC(=O)C(C)(C)C)[C@@H](OC(=O)C(C)(C)C)[C@H](OC(=O)C(C)(C)C)[C@H]3OC(=O)C(C)(C)C)[C@H]12. The van der Waals surface area contributed by atoms with E-state index in [0.717, 1.165) is 5.57 Å². The van der Waals surface area contributed by atoms with Crippen molar-refractivity contribution in [2.75, 3.05) is 6.61 Å². The van der Waals surface area contributed by atoms with Crippen LogP contribution in [0.25, 0.3) is 0 Å². The van der Waals surface area contributed by atoms with Crippen LogP contribution in [0.1, 0.15) is 90.0 Å². The van der Waals surface area contributed by atoms with Crippen LogP contribution in [-0.4, -0.2) is 78.7 Å². The lowest BCUT2D eigenvalue weighted by Gasteiger charge is -2.47. The molecule has 0 unspecified atom stereocenters. The van der Waals surface area contributed by atoms with Gasteiger partial charge in [0, 0.05) is 5.92 Å². The molecule has 0 aromatic rings. The van der Waals surface area contributed by atoms with Crippen LogP contribution >= 0.6 is 0 Å². The summed E-state index contributed by atoms with van der Waals surface area (Å²) < 4.78 is 42.4. The molecule has 1 saturated heterocycles. The quantitative estimate of drug-likeness (QED) is 0.229. The largest absolute Gasteiger partial charge is 0.472 e. The topological polar surface area (TPSA) is 153 Å². The van der Waals surface area contributed by atoms with Crippen molar-refractivity contribution < 1.29 is 57.4 Å². The summed E-state index contributed by atoms with van der Waals surface area (Å²) in [5.41, 5.74) is -3.04. The highest BCUT2D eigenvalue weighted by atomic mass is 16.8. The fraction of sp³-hybridized carbons (Fsp3) is 0.771. The maximum Gasteiger partial charge on any atom is 0.311 e. The minimum absolute atomic E-state index is 0.341. The summed E-state index contributed by atoms with van der Waals surface area (Å²) in [4.78, 5) is 53.1. The van der Waals surface area contributed by atoms with Crippen LogP contribution in [0.15, 0.2) is 24.0 Å². The summed E-state index contributed by atoms with van der Waals surface area (Å²) in [5, 5.41) is 10.6. The molecule has 9 atom stereocenters. The normalized spacial score (nSPS) is 31.2. The van der Waals surface area contributed by atoms with Crippen LogP contribution in [0.3, 0.4) is 0 Å². The maximum absolute atomic E-state index is 13.5. The molecule has 0 radical (unpaired) electrons. The Hall–Kier alpha value is -2.96. The van der Waals surface area contributed by atoms with Gasteiger partial charge in [-0.3, -0.25) is 19.2 Å². The molecule has 1 fully saturated rings. The van der Waals surface area contributed by atoms with E-state index in [1.807, 2.05) is 6.92 Å². The van der Waals surface area contributed by atoms with E-state index in [9.17, 15) is 24.3 Å². The Morgan fingerprint density at radius 3 is 1.66 bits per heavy atom. The van der Waals surface area contributed by atoms with Crippen molar-refractivity contribution in [2.45, 2.75) is 133 Å². The molecule has 266 valence electrons. The number of aliphatic hydroxyl groups excluding tert-OH is 1. The van der Waals surface area contributed by atoms with Crippen LogP contribution in [0.4, 0.5) is 0 Å². The zero-order valence-electron chi connectivity index (χ0n) is 30.1. The third-order valence-electron chi connectivity index (χ3n) is 7.99. The molecule has 12 heteroatoms. The van der Waals surface area contributed by atoms with Gasteiger partial charge >= 0.3 is 23.9 Å². The van der Waals surface area contributed by atoms with Gasteiger partial charge in [-0.25, -0.2) is 0 Å². The summed E-state index contributed by atoms with van der Waals surface area (Å²) in [7, 11) is 0. The fourth-order valence-corrected chi connectivity index (χ4v) is 4.98. The van der Waals surface area contributed by atoms with Gasteiger partial charge in [-0.15, -0.1) is 0 Å². The Balaban J connectivity index is 2.15. The number of ether oxygens (including phenoxy) is 7. The van der Waals surface area contributed by atoms with Gasteiger partial charge in [-0.05, 0) is 96.1 Å². The van der Waals surface area contributed by atoms with Crippen molar-refractivity contribution in [3.8, 4) is 0 Å². The first-order chi connectivity index (χ1) is 21.3. The average molecular weight is 667 g/mol. The average Bonchev–Trinajstić information content (AvgIpc) is 3.21. The lowest BCUT2D eigenvalue weighted by Crippen LogP contribution is -2.65. The highest BCUT2D eigenvalue weighted by molar-refractivity contribution is 5.78. The van der Waals surface area contributed by atoms with Crippen molar-refractivity contribution >= 4 is 23.9 Å². The molecule has 12 nitrogen and oxygen atoms in total. The van der Waals surface area contributed by atoms with Crippen LogP contribution in [0.5, 0.6) is 0 Å². The number of carbonyl (C=O) groups excluding carboxylic acids is 4. The first kappa shape index (κ1) is 38.5. The Morgan fingerprint density at radius 2 is 1.17 bits per heavy atom. The number of carbonyl (C=O) groups is 4. The summed E-state index contributed by atoms with van der Waals surface area (Å²) in [5.74, 6) is -3.29. The number of hydrogen-bond donors (Lipinski definition) is 1. The minimum Gasteiger partial charge on any atom is -0.472 e. The van der Waals surface area contributed by atoms with E-state index in [-0.39, 0.29) is 5.92 Å². The van der Waals surface area contributed by atoms with Crippen molar-refractivity contribution in [2.24, 2.45) is 33.5 Å². The van der Waals surface area contributed by atoms with Gasteiger partial charge in [0.25, 0.3) is 0 Å². The number of esters is 4. The molecule has 0 amide bonds. The predicted molar refractivity (Wildman–Crippen MR) is 169 cm³/mol. The van der Waals surface area contributed by atoms with E-state index < -0.39 is 101 Å². The Morgan fingerprint density at radius 1 is 0.702 bits per heavy atom. The van der Waals surface area contributed by atoms with Gasteiger partial charge in [0.15, 0.2) is 18.3 Å². The molecule has 0 spiro atoms. The van der Waals surface area contributed by atoms with Gasteiger partial charge in [-0.2, -0.15) is 0 Å². The third kappa shape index (κ3) is 9.35. The number of hydrogen-bond acceptors (Lipinski definition) is 12. The molecule has 3 aliphatic rings. The second-order valence-electron chi connectivity index (χ2n) is 16.7. The smallest absolute Gasteiger partial charge is 0.311 e. The highest BCUT2D eigenvalue weighted by Gasteiger charge is 2.56. The van der Waals surface area contributed by atoms with Crippen molar-refractivity contribution in [3.05, 3.63) is 24.0 Å². The summed E-state index contributed by atoms with van der Waals surface area (Å²) in [6.45, 7) is 21.4. The van der Waals surface area contributed by atoms with Gasteiger partial charge in [0.1, 0.15) is 12.7 Å². The lowest BCUT2D eigenvalue weighted by molar-refractivity contribution is -0.344. The van der Waals surface area contributed by atoms with Crippen LogP contribution < -0.4 is 0 Å². The monoisotopic (exact) mass is 666 g/mol. The Labute approximate surface area is 278 Å². The molecule has 0 saturated carbocycles. The Kier molecular flexibility index (Phi) is 11.4. The molecule has 0 aromatic heterocycles. The number of aliphatic hydroxyl groups is 1. The summed E-state index contributed by atoms with van der Waals surface area (Å²) >= 11 is 0.